The molecule has 3 aromatic rings. The fraction of sp³-hybridized carbons (Fsp3) is 0.320. The molecule has 0 bridgehead atoms. The van der Waals surface area contributed by atoms with E-state index in [-0.39, 0.29) is 16.1 Å². The molecule has 4 rings (SSSR count). The monoisotopic (exact) mass is 406 g/mol. The van der Waals surface area contributed by atoms with Crippen LogP contribution in [0.25, 0.3) is 0 Å². The van der Waals surface area contributed by atoms with Gasteiger partial charge in [-0.1, -0.05) is 74.1 Å². The predicted molar refractivity (Wildman–Crippen MR) is 117 cm³/mol. The molecule has 0 aliphatic heterocycles. The Kier molecular flexibility index (Phi) is 5.55. The minimum Gasteiger partial charge on any atom is -0.506 e. The Bertz CT molecular complexity index is 1050. The van der Waals surface area contributed by atoms with Gasteiger partial charge >= 0.3 is 5.63 Å². The van der Waals surface area contributed by atoms with E-state index < -0.39 is 5.63 Å². The van der Waals surface area contributed by atoms with Crippen molar-refractivity contribution in [3.8, 4) is 5.75 Å². The molecule has 0 spiro atoms. The quantitative estimate of drug-likeness (QED) is 0.501. The van der Waals surface area contributed by atoms with E-state index in [4.69, 9.17) is 4.42 Å². The lowest BCUT2D eigenvalue weighted by Crippen LogP contribution is -2.13. The fourth-order valence-corrected chi connectivity index (χ4v) is 4.86. The summed E-state index contributed by atoms with van der Waals surface area (Å²) in [6.45, 7) is 4.24. The molecule has 0 amide bonds. The third kappa shape index (κ3) is 4.27. The fourth-order valence-electron chi connectivity index (χ4n) is 3.78. The maximum Gasteiger partial charge on any atom is 0.353 e. The molecule has 1 aromatic heterocycles. The van der Waals surface area contributed by atoms with E-state index in [0.29, 0.717) is 11.7 Å². The molecule has 1 aliphatic carbocycles. The van der Waals surface area contributed by atoms with Crippen LogP contribution in [-0.2, 0) is 11.8 Å². The molecule has 29 heavy (non-hydrogen) atoms. The molecule has 2 aromatic carbocycles. The van der Waals surface area contributed by atoms with Gasteiger partial charge in [0.1, 0.15) is 16.4 Å². The third-order valence-electron chi connectivity index (χ3n) is 5.75. The van der Waals surface area contributed by atoms with Crippen molar-refractivity contribution >= 4 is 11.8 Å². The van der Waals surface area contributed by atoms with Crippen LogP contribution in [0.2, 0.25) is 0 Å². The zero-order chi connectivity index (χ0) is 20.4. The van der Waals surface area contributed by atoms with E-state index >= 15 is 0 Å². The highest BCUT2D eigenvalue weighted by Crippen LogP contribution is 2.52. The Morgan fingerprint density at radius 2 is 1.76 bits per heavy atom. The summed E-state index contributed by atoms with van der Waals surface area (Å²) in [7, 11) is 0. The number of rotatable bonds is 7. The highest BCUT2D eigenvalue weighted by Gasteiger charge is 2.46. The topological polar surface area (TPSA) is 50.4 Å². The number of hydrogen-bond donors (Lipinski definition) is 1. The van der Waals surface area contributed by atoms with Gasteiger partial charge in [-0.25, -0.2) is 4.79 Å². The molecule has 0 saturated heterocycles. The van der Waals surface area contributed by atoms with Gasteiger partial charge < -0.3 is 9.52 Å². The molecule has 0 radical (unpaired) electrons. The standard InChI is InChI=1S/C25H26O3S/c1-17(2)19-10-6-7-11-21(19)29-23-20(26)16-22(28-24(23)27)25(14-15-25)13-12-18-8-4-3-5-9-18/h3-11,16-17,26H,12-15H2,1-2H3. The SMILES string of the molecule is CC(C)c1ccccc1Sc1c(O)cc(C2(CCc3ccccc3)CC2)oc1=O. The van der Waals surface area contributed by atoms with Crippen LogP contribution in [0.3, 0.4) is 0 Å². The lowest BCUT2D eigenvalue weighted by Gasteiger charge is -2.16. The second kappa shape index (κ2) is 8.11. The molecule has 1 heterocycles. The number of benzene rings is 2. The van der Waals surface area contributed by atoms with Crippen molar-refractivity contribution in [3.63, 3.8) is 0 Å². The predicted octanol–water partition coefficient (Wildman–Crippen LogP) is 6.28. The van der Waals surface area contributed by atoms with E-state index in [2.05, 4.69) is 32.0 Å². The van der Waals surface area contributed by atoms with Crippen molar-refractivity contribution in [1.29, 1.82) is 0 Å². The maximum atomic E-state index is 12.7. The summed E-state index contributed by atoms with van der Waals surface area (Å²) in [5.74, 6) is 0.975. The summed E-state index contributed by atoms with van der Waals surface area (Å²) in [5.41, 5.74) is 1.87. The Hall–Kier alpha value is -2.46. The Balaban J connectivity index is 1.57. The summed E-state index contributed by atoms with van der Waals surface area (Å²) in [5, 5.41) is 10.7. The number of aromatic hydroxyl groups is 1. The summed E-state index contributed by atoms with van der Waals surface area (Å²) >= 11 is 1.29. The first-order valence-corrected chi connectivity index (χ1v) is 11.0. The van der Waals surface area contributed by atoms with E-state index in [0.717, 1.165) is 36.1 Å². The Labute approximate surface area is 175 Å². The van der Waals surface area contributed by atoms with E-state index in [1.807, 2.05) is 36.4 Å². The molecule has 150 valence electrons. The van der Waals surface area contributed by atoms with E-state index in [1.54, 1.807) is 6.07 Å². The number of hydrogen-bond acceptors (Lipinski definition) is 4. The van der Waals surface area contributed by atoms with Crippen LogP contribution >= 0.6 is 11.8 Å². The van der Waals surface area contributed by atoms with E-state index in [1.165, 1.54) is 17.3 Å². The van der Waals surface area contributed by atoms with Gasteiger partial charge in [0.2, 0.25) is 0 Å². The average Bonchev–Trinajstić information content (AvgIpc) is 3.51. The van der Waals surface area contributed by atoms with Gasteiger partial charge in [0.05, 0.1) is 0 Å². The van der Waals surface area contributed by atoms with Crippen LogP contribution in [0, 0.1) is 0 Å². The molecular weight excluding hydrogens is 380 g/mol. The summed E-state index contributed by atoms with van der Waals surface area (Å²) in [4.78, 5) is 14.0. The molecule has 1 saturated carbocycles. The third-order valence-corrected chi connectivity index (χ3v) is 6.92. The Morgan fingerprint density at radius 1 is 1.07 bits per heavy atom. The highest BCUT2D eigenvalue weighted by atomic mass is 32.2. The van der Waals surface area contributed by atoms with Crippen LogP contribution in [0.4, 0.5) is 0 Å². The Morgan fingerprint density at radius 3 is 2.41 bits per heavy atom. The molecule has 0 unspecified atom stereocenters. The molecule has 1 aliphatic rings. The average molecular weight is 407 g/mol. The van der Waals surface area contributed by atoms with Crippen molar-refractivity contribution in [3.05, 3.63) is 88.0 Å². The molecule has 1 fully saturated rings. The van der Waals surface area contributed by atoms with Crippen molar-refractivity contribution in [1.82, 2.24) is 0 Å². The first-order chi connectivity index (χ1) is 14.0. The largest absolute Gasteiger partial charge is 0.506 e. The van der Waals surface area contributed by atoms with Crippen molar-refractivity contribution < 1.29 is 9.52 Å². The van der Waals surface area contributed by atoms with Gasteiger partial charge in [-0.15, -0.1) is 0 Å². The van der Waals surface area contributed by atoms with Gasteiger partial charge in [0, 0.05) is 16.4 Å². The van der Waals surface area contributed by atoms with Gasteiger partial charge in [-0.3, -0.25) is 0 Å². The minimum atomic E-state index is -0.449. The summed E-state index contributed by atoms with van der Waals surface area (Å²) in [6, 6.07) is 20.0. The molecule has 4 heteroatoms. The highest BCUT2D eigenvalue weighted by molar-refractivity contribution is 7.99. The minimum absolute atomic E-state index is 0.0193. The van der Waals surface area contributed by atoms with Crippen LogP contribution in [0.1, 0.15) is 55.9 Å². The molecule has 1 N–H and O–H groups in total. The zero-order valence-electron chi connectivity index (χ0n) is 16.9. The van der Waals surface area contributed by atoms with Gasteiger partial charge in [0.25, 0.3) is 0 Å². The van der Waals surface area contributed by atoms with Crippen molar-refractivity contribution in [2.24, 2.45) is 0 Å². The van der Waals surface area contributed by atoms with Crippen molar-refractivity contribution in [2.45, 2.75) is 60.7 Å². The van der Waals surface area contributed by atoms with Crippen LogP contribution in [0.15, 0.2) is 79.7 Å². The zero-order valence-corrected chi connectivity index (χ0v) is 17.7. The summed E-state index contributed by atoms with van der Waals surface area (Å²) in [6.07, 6.45) is 3.83. The van der Waals surface area contributed by atoms with Gasteiger partial charge in [-0.05, 0) is 48.8 Å². The number of aryl methyl sites for hydroxylation is 1. The van der Waals surface area contributed by atoms with Crippen LogP contribution < -0.4 is 5.63 Å². The van der Waals surface area contributed by atoms with Crippen LogP contribution in [-0.4, -0.2) is 5.11 Å². The normalized spacial score (nSPS) is 14.9. The lowest BCUT2D eigenvalue weighted by atomic mass is 9.94. The first kappa shape index (κ1) is 19.8. The van der Waals surface area contributed by atoms with Gasteiger partial charge in [-0.2, -0.15) is 0 Å². The molecule has 3 nitrogen and oxygen atoms in total. The van der Waals surface area contributed by atoms with Crippen molar-refractivity contribution in [2.75, 3.05) is 0 Å². The molecule has 0 atom stereocenters. The summed E-state index contributed by atoms with van der Waals surface area (Å²) < 4.78 is 5.74. The first-order valence-electron chi connectivity index (χ1n) is 10.2. The second-order valence-electron chi connectivity index (χ2n) is 8.17. The lowest BCUT2D eigenvalue weighted by molar-refractivity contribution is 0.366. The van der Waals surface area contributed by atoms with Gasteiger partial charge in [0.15, 0.2) is 0 Å². The molecular formula is C25H26O3S. The van der Waals surface area contributed by atoms with Crippen LogP contribution in [0.5, 0.6) is 5.75 Å². The maximum absolute atomic E-state index is 12.7. The second-order valence-corrected chi connectivity index (χ2v) is 9.23. The smallest absolute Gasteiger partial charge is 0.353 e. The van der Waals surface area contributed by atoms with E-state index in [9.17, 15) is 9.90 Å².